The Balaban J connectivity index is 1.81. The number of aryl methyl sites for hydroxylation is 1. The molecule has 1 atom stereocenters. The van der Waals surface area contributed by atoms with Crippen LogP contribution in [0.15, 0.2) is 18.2 Å². The van der Waals surface area contributed by atoms with Crippen LogP contribution in [-0.2, 0) is 16.6 Å². The third-order valence-electron chi connectivity index (χ3n) is 6.34. The summed E-state index contributed by atoms with van der Waals surface area (Å²) in [6.45, 7) is 4.98. The number of hydrogen-bond acceptors (Lipinski definition) is 4. The van der Waals surface area contributed by atoms with Crippen LogP contribution in [0.4, 0.5) is 18.9 Å². The summed E-state index contributed by atoms with van der Waals surface area (Å²) in [4.78, 5) is 50.9. The highest BCUT2D eigenvalue weighted by Crippen LogP contribution is 2.28. The van der Waals surface area contributed by atoms with Crippen LogP contribution in [0, 0.1) is 26.6 Å². The van der Waals surface area contributed by atoms with Gasteiger partial charge in [0.05, 0.1) is 23.8 Å². The van der Waals surface area contributed by atoms with Crippen molar-refractivity contribution >= 4 is 29.2 Å². The van der Waals surface area contributed by atoms with Crippen LogP contribution in [0.5, 0.6) is 0 Å². The van der Waals surface area contributed by atoms with Crippen molar-refractivity contribution in [3.63, 3.8) is 0 Å². The molecule has 0 saturated carbocycles. The van der Waals surface area contributed by atoms with Crippen LogP contribution in [0.1, 0.15) is 51.0 Å². The molecular weight excluding hydrogens is 465 g/mol. The average Bonchev–Trinajstić information content (AvgIpc) is 2.99. The summed E-state index contributed by atoms with van der Waals surface area (Å²) in [5.41, 5.74) is 1.31. The second kappa shape index (κ2) is 9.55. The smallest absolute Gasteiger partial charge is 0.294 e. The van der Waals surface area contributed by atoms with Gasteiger partial charge in [-0.25, -0.2) is 13.2 Å². The Morgan fingerprint density at radius 2 is 1.77 bits per heavy atom. The number of alkyl halides is 2. The third-order valence-corrected chi connectivity index (χ3v) is 6.34. The number of carbonyl (C=O) groups is 4. The van der Waals surface area contributed by atoms with E-state index in [2.05, 4.69) is 10.6 Å². The average molecular weight is 492 g/mol. The number of hydrogen-bond donors (Lipinski definition) is 2. The van der Waals surface area contributed by atoms with Gasteiger partial charge in [0, 0.05) is 31.9 Å². The van der Waals surface area contributed by atoms with E-state index in [1.807, 2.05) is 0 Å². The summed E-state index contributed by atoms with van der Waals surface area (Å²) in [6, 6.07) is 2.45. The summed E-state index contributed by atoms with van der Waals surface area (Å²) in [5.74, 6) is -7.18. The minimum atomic E-state index is -3.41. The van der Waals surface area contributed by atoms with Gasteiger partial charge in [-0.2, -0.15) is 0 Å². The molecule has 2 N–H and O–H groups in total. The minimum absolute atomic E-state index is 0.0273. The Kier molecular flexibility index (Phi) is 7.09. The molecule has 3 amide bonds. The number of halogens is 3. The number of piperidine rings is 1. The molecule has 1 aromatic carbocycles. The normalized spacial score (nSPS) is 17.1. The molecule has 3 rings (SSSR count). The van der Waals surface area contributed by atoms with Crippen molar-refractivity contribution in [1.82, 2.24) is 14.8 Å². The summed E-state index contributed by atoms with van der Waals surface area (Å²) in [7, 11) is 1.49. The predicted molar refractivity (Wildman–Crippen MR) is 122 cm³/mol. The maximum atomic E-state index is 14.5. The van der Waals surface area contributed by atoms with E-state index in [9.17, 15) is 32.3 Å². The topological polar surface area (TPSA) is 101 Å². The number of benzene rings is 1. The van der Waals surface area contributed by atoms with Crippen molar-refractivity contribution in [2.24, 2.45) is 7.05 Å². The molecule has 2 aromatic rings. The fourth-order valence-corrected chi connectivity index (χ4v) is 4.27. The SMILES string of the molecule is CC(=O)N1CC[C@@H](NC(=O)C(=O)c2c(C)c(C(=O)Nc3ccc(F)c(C)c3)c(C)n2C)C(F)(F)C1. The highest BCUT2D eigenvalue weighted by atomic mass is 19.3. The maximum absolute atomic E-state index is 14.5. The van der Waals surface area contributed by atoms with Gasteiger partial charge in [-0.05, 0) is 56.5 Å². The van der Waals surface area contributed by atoms with E-state index >= 15 is 0 Å². The number of amides is 3. The van der Waals surface area contributed by atoms with E-state index in [4.69, 9.17) is 0 Å². The first-order valence-electron chi connectivity index (χ1n) is 11.0. The molecule has 0 aliphatic carbocycles. The van der Waals surface area contributed by atoms with Crippen LogP contribution in [0.3, 0.4) is 0 Å². The standard InChI is InChI=1S/C24H27F3N4O4/c1-12-10-16(6-7-17(12)25)28-22(34)19-13(2)20(30(5)14(19)3)21(33)23(35)29-18-8-9-31(15(4)32)11-24(18,26)27/h6-7,10,18H,8-9,11H2,1-5H3,(H,28,34)(H,29,35)/t18-/m1/s1. The summed E-state index contributed by atoms with van der Waals surface area (Å²) in [5, 5.41) is 4.75. The molecule has 0 radical (unpaired) electrons. The van der Waals surface area contributed by atoms with Crippen LogP contribution in [0.25, 0.3) is 0 Å². The number of ketones is 1. The first kappa shape index (κ1) is 26.0. The van der Waals surface area contributed by atoms with Crippen LogP contribution < -0.4 is 10.6 Å². The molecule has 11 heteroatoms. The summed E-state index contributed by atoms with van der Waals surface area (Å²) in [6.07, 6.45) is -0.207. The number of nitrogens with one attached hydrogen (secondary N) is 2. The van der Waals surface area contributed by atoms with Crippen molar-refractivity contribution in [3.05, 3.63) is 52.1 Å². The first-order valence-corrected chi connectivity index (χ1v) is 11.0. The van der Waals surface area contributed by atoms with E-state index in [1.165, 1.54) is 43.7 Å². The number of carbonyl (C=O) groups excluding carboxylic acids is 4. The zero-order chi connectivity index (χ0) is 26.2. The van der Waals surface area contributed by atoms with Crippen molar-refractivity contribution in [3.8, 4) is 0 Å². The molecular formula is C24H27F3N4O4. The number of aromatic nitrogens is 1. The van der Waals surface area contributed by atoms with Crippen molar-refractivity contribution in [2.45, 2.75) is 46.1 Å². The molecule has 1 aliphatic heterocycles. The van der Waals surface area contributed by atoms with Crippen molar-refractivity contribution in [1.29, 1.82) is 0 Å². The molecule has 0 spiro atoms. The predicted octanol–water partition coefficient (Wildman–Crippen LogP) is 2.90. The monoisotopic (exact) mass is 492 g/mol. The Morgan fingerprint density at radius 3 is 2.34 bits per heavy atom. The van der Waals surface area contributed by atoms with Gasteiger partial charge in [-0.3, -0.25) is 19.2 Å². The van der Waals surface area contributed by atoms with Gasteiger partial charge in [-0.1, -0.05) is 0 Å². The van der Waals surface area contributed by atoms with Crippen LogP contribution in [0.2, 0.25) is 0 Å². The second-order valence-corrected chi connectivity index (χ2v) is 8.76. The molecule has 0 unspecified atom stereocenters. The molecule has 2 heterocycles. The number of rotatable bonds is 5. The minimum Gasteiger partial charge on any atom is -0.344 e. The number of likely N-dealkylation sites (tertiary alicyclic amines) is 1. The first-order chi connectivity index (χ1) is 16.2. The van der Waals surface area contributed by atoms with Crippen LogP contribution >= 0.6 is 0 Å². The van der Waals surface area contributed by atoms with E-state index in [0.717, 1.165) is 4.90 Å². The van der Waals surface area contributed by atoms with Gasteiger partial charge >= 0.3 is 0 Å². The Hall–Kier alpha value is -3.63. The molecule has 1 aliphatic rings. The molecule has 1 saturated heterocycles. The quantitative estimate of drug-likeness (QED) is 0.495. The van der Waals surface area contributed by atoms with Gasteiger partial charge < -0.3 is 20.1 Å². The molecule has 0 bridgehead atoms. The zero-order valence-corrected chi connectivity index (χ0v) is 20.1. The molecule has 1 fully saturated rings. The Bertz CT molecular complexity index is 1220. The maximum Gasteiger partial charge on any atom is 0.294 e. The molecule has 188 valence electrons. The van der Waals surface area contributed by atoms with Crippen LogP contribution in [-0.4, -0.2) is 58.0 Å². The molecule has 35 heavy (non-hydrogen) atoms. The fraction of sp³-hybridized carbons (Fsp3) is 0.417. The lowest BCUT2D eigenvalue weighted by molar-refractivity contribution is -0.144. The van der Waals surface area contributed by atoms with Crippen molar-refractivity contribution < 1.29 is 32.3 Å². The largest absolute Gasteiger partial charge is 0.344 e. The highest BCUT2D eigenvalue weighted by molar-refractivity contribution is 6.43. The van der Waals surface area contributed by atoms with E-state index in [1.54, 1.807) is 13.8 Å². The highest BCUT2D eigenvalue weighted by Gasteiger charge is 2.46. The Morgan fingerprint density at radius 1 is 1.11 bits per heavy atom. The number of anilines is 1. The third kappa shape index (κ3) is 5.08. The lowest BCUT2D eigenvalue weighted by Gasteiger charge is -2.38. The van der Waals surface area contributed by atoms with Gasteiger partial charge in [0.2, 0.25) is 5.91 Å². The van der Waals surface area contributed by atoms with E-state index < -0.39 is 47.8 Å². The molecule has 1 aromatic heterocycles. The number of Topliss-reactive ketones (excluding diaryl/α,β-unsaturated/α-hetero) is 1. The number of nitrogens with zero attached hydrogens (tertiary/aromatic N) is 2. The van der Waals surface area contributed by atoms with E-state index in [0.29, 0.717) is 16.9 Å². The summed E-state index contributed by atoms with van der Waals surface area (Å²) < 4.78 is 43.9. The van der Waals surface area contributed by atoms with E-state index in [-0.39, 0.29) is 29.8 Å². The van der Waals surface area contributed by atoms with Gasteiger partial charge in [0.25, 0.3) is 23.5 Å². The zero-order valence-electron chi connectivity index (χ0n) is 20.1. The van der Waals surface area contributed by atoms with Crippen molar-refractivity contribution in [2.75, 3.05) is 18.4 Å². The second-order valence-electron chi connectivity index (χ2n) is 8.76. The lowest BCUT2D eigenvalue weighted by atomic mass is 10.00. The fourth-order valence-electron chi connectivity index (χ4n) is 4.27. The van der Waals surface area contributed by atoms with Gasteiger partial charge in [0.1, 0.15) is 5.82 Å². The summed E-state index contributed by atoms with van der Waals surface area (Å²) >= 11 is 0. The lowest BCUT2D eigenvalue weighted by Crippen LogP contribution is -2.59. The Labute approximate surface area is 200 Å². The van der Waals surface area contributed by atoms with Gasteiger partial charge in [-0.15, -0.1) is 0 Å². The van der Waals surface area contributed by atoms with Gasteiger partial charge in [0.15, 0.2) is 0 Å². The molecule has 8 nitrogen and oxygen atoms in total.